The van der Waals surface area contributed by atoms with Gasteiger partial charge in [-0.25, -0.2) is 14.6 Å². The molecule has 0 amide bonds. The minimum atomic E-state index is -0.147. The standard InChI is InChI=1S/C12H19N5O/c1-6(2)16-17-9(5-18)15-10-11(17)7(3)8(4)14-12(10)13/h6,16,18H,5H2,1-4H3,(H2,13,14). The first-order chi connectivity index (χ1) is 8.45. The van der Waals surface area contributed by atoms with Crippen LogP contribution < -0.4 is 11.2 Å². The van der Waals surface area contributed by atoms with E-state index < -0.39 is 0 Å². The van der Waals surface area contributed by atoms with Gasteiger partial charge in [0.2, 0.25) is 0 Å². The Balaban J connectivity index is 2.80. The van der Waals surface area contributed by atoms with Crippen molar-refractivity contribution in [1.29, 1.82) is 0 Å². The Morgan fingerprint density at radius 3 is 2.56 bits per heavy atom. The average Bonchev–Trinajstić information content (AvgIpc) is 2.65. The predicted octanol–water partition coefficient (Wildman–Crippen LogP) is 1.07. The lowest BCUT2D eigenvalue weighted by atomic mass is 10.2. The summed E-state index contributed by atoms with van der Waals surface area (Å²) in [5.41, 5.74) is 12.6. The molecule has 2 aromatic heterocycles. The first kappa shape index (κ1) is 12.6. The van der Waals surface area contributed by atoms with Gasteiger partial charge in [0.25, 0.3) is 0 Å². The number of aryl methyl sites for hydroxylation is 2. The molecule has 0 radical (unpaired) electrons. The van der Waals surface area contributed by atoms with Crippen molar-refractivity contribution in [2.24, 2.45) is 0 Å². The molecule has 0 saturated heterocycles. The Labute approximate surface area is 106 Å². The number of nitrogen functional groups attached to an aromatic ring is 1. The van der Waals surface area contributed by atoms with Gasteiger partial charge in [0.1, 0.15) is 12.1 Å². The molecule has 2 aromatic rings. The van der Waals surface area contributed by atoms with Crippen LogP contribution in [0.25, 0.3) is 11.0 Å². The molecule has 6 nitrogen and oxygen atoms in total. The smallest absolute Gasteiger partial charge is 0.154 e. The number of aliphatic hydroxyl groups excluding tert-OH is 1. The van der Waals surface area contributed by atoms with E-state index in [-0.39, 0.29) is 12.6 Å². The monoisotopic (exact) mass is 249 g/mol. The predicted molar refractivity (Wildman–Crippen MR) is 71.8 cm³/mol. The molecule has 0 aromatic carbocycles. The molecule has 0 atom stereocenters. The molecule has 0 spiro atoms. The quantitative estimate of drug-likeness (QED) is 0.757. The number of rotatable bonds is 3. The molecule has 2 rings (SSSR count). The number of nitrogens with zero attached hydrogens (tertiary/aromatic N) is 3. The number of pyridine rings is 1. The summed E-state index contributed by atoms with van der Waals surface area (Å²) in [5, 5.41) is 9.40. The Hall–Kier alpha value is -1.82. The van der Waals surface area contributed by atoms with Crippen molar-refractivity contribution in [1.82, 2.24) is 14.6 Å². The van der Waals surface area contributed by atoms with Crippen LogP contribution in [0.15, 0.2) is 0 Å². The molecule has 98 valence electrons. The van der Waals surface area contributed by atoms with Gasteiger partial charge in [-0.05, 0) is 33.3 Å². The highest BCUT2D eigenvalue weighted by Crippen LogP contribution is 2.25. The number of aliphatic hydroxyl groups is 1. The highest BCUT2D eigenvalue weighted by molar-refractivity contribution is 5.88. The van der Waals surface area contributed by atoms with E-state index in [4.69, 9.17) is 5.73 Å². The second-order valence-corrected chi connectivity index (χ2v) is 4.71. The summed E-state index contributed by atoms with van der Waals surface area (Å²) >= 11 is 0. The van der Waals surface area contributed by atoms with Crippen molar-refractivity contribution in [3.63, 3.8) is 0 Å². The van der Waals surface area contributed by atoms with Gasteiger partial charge < -0.3 is 16.3 Å². The van der Waals surface area contributed by atoms with E-state index in [2.05, 4.69) is 15.4 Å². The molecule has 0 unspecified atom stereocenters. The fraction of sp³-hybridized carbons (Fsp3) is 0.500. The van der Waals surface area contributed by atoms with Gasteiger partial charge in [-0.1, -0.05) is 0 Å². The summed E-state index contributed by atoms with van der Waals surface area (Å²) in [6.07, 6.45) is 0. The van der Waals surface area contributed by atoms with Crippen LogP contribution in [0.3, 0.4) is 0 Å². The molecule has 0 aliphatic carbocycles. The van der Waals surface area contributed by atoms with Gasteiger partial charge in [-0.15, -0.1) is 0 Å². The fourth-order valence-corrected chi connectivity index (χ4v) is 1.98. The number of nitrogens with one attached hydrogen (secondary N) is 1. The number of hydrogen-bond acceptors (Lipinski definition) is 5. The first-order valence-corrected chi connectivity index (χ1v) is 5.97. The number of anilines is 1. The normalized spacial score (nSPS) is 11.4. The Morgan fingerprint density at radius 2 is 2.00 bits per heavy atom. The molecule has 0 aliphatic rings. The number of imidazole rings is 1. The molecular formula is C12H19N5O. The van der Waals surface area contributed by atoms with E-state index in [1.807, 2.05) is 27.7 Å². The highest BCUT2D eigenvalue weighted by atomic mass is 16.3. The van der Waals surface area contributed by atoms with Crippen molar-refractivity contribution < 1.29 is 5.11 Å². The lowest BCUT2D eigenvalue weighted by Crippen LogP contribution is -2.24. The number of hydrogen-bond donors (Lipinski definition) is 3. The Kier molecular flexibility index (Phi) is 3.13. The molecule has 0 aliphatic heterocycles. The molecular weight excluding hydrogens is 230 g/mol. The third kappa shape index (κ3) is 1.88. The second-order valence-electron chi connectivity index (χ2n) is 4.71. The SMILES string of the molecule is Cc1nc(N)c2nc(CO)n(NC(C)C)c2c1C. The van der Waals surface area contributed by atoms with Gasteiger partial charge in [-0.2, -0.15) is 0 Å². The summed E-state index contributed by atoms with van der Waals surface area (Å²) in [4.78, 5) is 8.61. The lowest BCUT2D eigenvalue weighted by Gasteiger charge is -2.15. The van der Waals surface area contributed by atoms with Crippen LogP contribution in [0.5, 0.6) is 0 Å². The fourth-order valence-electron chi connectivity index (χ4n) is 1.98. The summed E-state index contributed by atoms with van der Waals surface area (Å²) in [7, 11) is 0. The molecule has 0 saturated carbocycles. The second kappa shape index (κ2) is 4.45. The van der Waals surface area contributed by atoms with Gasteiger partial charge >= 0.3 is 0 Å². The third-order valence-corrected chi connectivity index (χ3v) is 2.90. The van der Waals surface area contributed by atoms with Crippen LogP contribution in [-0.2, 0) is 6.61 Å². The number of nitrogens with two attached hydrogens (primary N) is 1. The maximum absolute atomic E-state index is 9.40. The van der Waals surface area contributed by atoms with Crippen molar-refractivity contribution in [3.05, 3.63) is 17.1 Å². The van der Waals surface area contributed by atoms with E-state index in [1.54, 1.807) is 4.68 Å². The molecule has 6 heteroatoms. The summed E-state index contributed by atoms with van der Waals surface area (Å²) in [6, 6.07) is 0.224. The van der Waals surface area contributed by atoms with Crippen LogP contribution >= 0.6 is 0 Å². The molecule has 0 fully saturated rings. The first-order valence-electron chi connectivity index (χ1n) is 5.97. The van der Waals surface area contributed by atoms with Crippen molar-refractivity contribution in [2.75, 3.05) is 11.2 Å². The van der Waals surface area contributed by atoms with Gasteiger partial charge in [0.15, 0.2) is 11.6 Å². The van der Waals surface area contributed by atoms with Crippen LogP contribution in [0.4, 0.5) is 5.82 Å². The zero-order valence-corrected chi connectivity index (χ0v) is 11.2. The molecule has 2 heterocycles. The highest BCUT2D eigenvalue weighted by Gasteiger charge is 2.17. The lowest BCUT2D eigenvalue weighted by molar-refractivity contribution is 0.268. The Bertz CT molecular complexity index is 588. The molecule has 0 bridgehead atoms. The largest absolute Gasteiger partial charge is 0.388 e. The molecule has 18 heavy (non-hydrogen) atoms. The van der Waals surface area contributed by atoms with Crippen LogP contribution in [0, 0.1) is 13.8 Å². The number of fused-ring (bicyclic) bond motifs is 1. The van der Waals surface area contributed by atoms with Gasteiger partial charge in [-0.3, -0.25) is 0 Å². The molecule has 4 N–H and O–H groups in total. The summed E-state index contributed by atoms with van der Waals surface area (Å²) in [5.74, 6) is 0.938. The maximum Gasteiger partial charge on any atom is 0.154 e. The van der Waals surface area contributed by atoms with Crippen molar-refractivity contribution in [3.8, 4) is 0 Å². The maximum atomic E-state index is 9.40. The minimum absolute atomic E-state index is 0.147. The van der Waals surface area contributed by atoms with E-state index in [0.717, 1.165) is 16.8 Å². The number of aromatic nitrogens is 3. The third-order valence-electron chi connectivity index (χ3n) is 2.90. The van der Waals surface area contributed by atoms with E-state index in [9.17, 15) is 5.11 Å². The topological polar surface area (TPSA) is 89.0 Å². The zero-order valence-electron chi connectivity index (χ0n) is 11.2. The zero-order chi connectivity index (χ0) is 13.4. The average molecular weight is 249 g/mol. The van der Waals surface area contributed by atoms with Crippen molar-refractivity contribution >= 4 is 16.9 Å². The minimum Gasteiger partial charge on any atom is -0.388 e. The van der Waals surface area contributed by atoms with Gasteiger partial charge in [0, 0.05) is 11.7 Å². The summed E-state index contributed by atoms with van der Waals surface area (Å²) in [6.45, 7) is 7.80. The van der Waals surface area contributed by atoms with Crippen molar-refractivity contribution in [2.45, 2.75) is 40.3 Å². The van der Waals surface area contributed by atoms with Crippen LogP contribution in [0.2, 0.25) is 0 Å². The van der Waals surface area contributed by atoms with E-state index >= 15 is 0 Å². The van der Waals surface area contributed by atoms with Gasteiger partial charge in [0.05, 0.1) is 5.52 Å². The van der Waals surface area contributed by atoms with E-state index in [0.29, 0.717) is 17.2 Å². The van der Waals surface area contributed by atoms with Crippen LogP contribution in [0.1, 0.15) is 30.9 Å². The summed E-state index contributed by atoms with van der Waals surface area (Å²) < 4.78 is 1.81. The van der Waals surface area contributed by atoms with Crippen LogP contribution in [-0.4, -0.2) is 25.8 Å². The van der Waals surface area contributed by atoms with E-state index in [1.165, 1.54) is 0 Å². The Morgan fingerprint density at radius 1 is 1.33 bits per heavy atom.